The molecule has 0 rings (SSSR count). The van der Waals surface area contributed by atoms with E-state index in [0.717, 1.165) is 57.8 Å². The summed E-state index contributed by atoms with van der Waals surface area (Å²) in [6.07, 6.45) is 82.8. The van der Waals surface area contributed by atoms with E-state index in [1.807, 2.05) is 6.08 Å². The molecule has 0 aromatic heterocycles. The lowest BCUT2D eigenvalue weighted by atomic mass is 10.0. The first-order valence-electron chi connectivity index (χ1n) is 32.6. The van der Waals surface area contributed by atoms with Crippen molar-refractivity contribution in [1.82, 2.24) is 5.32 Å². The molecule has 0 aromatic carbocycles. The maximum atomic E-state index is 12.4. The van der Waals surface area contributed by atoms with Gasteiger partial charge in [0.2, 0.25) is 5.91 Å². The topological polar surface area (TPSA) is 95.9 Å². The second-order valence-electron chi connectivity index (χ2n) is 22.1. The SMILES string of the molecule is CCCC/C=C\C/C=C\CCCCCCCC(=O)OCCCCCCCCCCC/C=C\C/C=C\CCCCCCCCCCCCCCCCCC(=O)NC(CO)C(O)/C=C/CCCCCCCCCCCC. The van der Waals surface area contributed by atoms with Crippen molar-refractivity contribution in [3.05, 3.63) is 60.8 Å². The zero-order chi connectivity index (χ0) is 53.6. The van der Waals surface area contributed by atoms with Crippen LogP contribution in [0.25, 0.3) is 0 Å². The van der Waals surface area contributed by atoms with E-state index >= 15 is 0 Å². The highest BCUT2D eigenvalue weighted by molar-refractivity contribution is 5.76. The summed E-state index contributed by atoms with van der Waals surface area (Å²) in [4.78, 5) is 24.5. The molecule has 0 radical (unpaired) electrons. The molecule has 0 saturated carbocycles. The number of unbranched alkanes of at least 4 members (excludes halogenated alkanes) is 41. The number of carbonyl (C=O) groups excluding carboxylic acids is 2. The third-order valence-electron chi connectivity index (χ3n) is 14.8. The highest BCUT2D eigenvalue weighted by Gasteiger charge is 2.18. The van der Waals surface area contributed by atoms with Crippen LogP contribution in [0.2, 0.25) is 0 Å². The molecule has 6 heteroatoms. The van der Waals surface area contributed by atoms with Gasteiger partial charge in [0.05, 0.1) is 25.4 Å². The molecule has 0 aliphatic heterocycles. The second kappa shape index (κ2) is 63.1. The van der Waals surface area contributed by atoms with Crippen LogP contribution < -0.4 is 5.32 Å². The number of esters is 1. The van der Waals surface area contributed by atoms with Crippen LogP contribution in [0.5, 0.6) is 0 Å². The first-order valence-corrected chi connectivity index (χ1v) is 32.6. The van der Waals surface area contributed by atoms with Gasteiger partial charge in [0.1, 0.15) is 0 Å². The van der Waals surface area contributed by atoms with E-state index in [0.29, 0.717) is 19.4 Å². The molecule has 0 bridgehead atoms. The molecule has 432 valence electrons. The monoisotopic (exact) mass is 1040 g/mol. The maximum Gasteiger partial charge on any atom is 0.305 e. The minimum absolute atomic E-state index is 0.00233. The third-order valence-corrected chi connectivity index (χ3v) is 14.8. The molecule has 0 aliphatic rings. The number of nitrogens with one attached hydrogen (secondary N) is 1. The summed E-state index contributed by atoms with van der Waals surface area (Å²) in [7, 11) is 0. The lowest BCUT2D eigenvalue weighted by molar-refractivity contribution is -0.143. The zero-order valence-corrected chi connectivity index (χ0v) is 49.3. The Balaban J connectivity index is 3.41. The van der Waals surface area contributed by atoms with Gasteiger partial charge in [-0.25, -0.2) is 0 Å². The van der Waals surface area contributed by atoms with Crippen LogP contribution in [0.1, 0.15) is 335 Å². The number of amides is 1. The Morgan fingerprint density at radius 3 is 1.07 bits per heavy atom. The van der Waals surface area contributed by atoms with E-state index in [9.17, 15) is 19.8 Å². The molecule has 1 amide bonds. The number of hydrogen-bond acceptors (Lipinski definition) is 5. The summed E-state index contributed by atoms with van der Waals surface area (Å²) in [5, 5.41) is 23.1. The summed E-state index contributed by atoms with van der Waals surface area (Å²) in [6.45, 7) is 4.85. The van der Waals surface area contributed by atoms with E-state index in [-0.39, 0.29) is 18.5 Å². The van der Waals surface area contributed by atoms with Crippen molar-refractivity contribution in [3.63, 3.8) is 0 Å². The first kappa shape index (κ1) is 71.6. The number of ether oxygens (including phenoxy) is 1. The van der Waals surface area contributed by atoms with Gasteiger partial charge in [0.25, 0.3) is 0 Å². The molecule has 0 aromatic rings. The van der Waals surface area contributed by atoms with E-state index in [4.69, 9.17) is 4.74 Å². The summed E-state index contributed by atoms with van der Waals surface area (Å²) >= 11 is 0. The Kier molecular flexibility index (Phi) is 61.0. The number of aliphatic hydroxyl groups excluding tert-OH is 2. The van der Waals surface area contributed by atoms with Crippen molar-refractivity contribution in [2.75, 3.05) is 13.2 Å². The normalized spacial score (nSPS) is 13.0. The second-order valence-corrected chi connectivity index (χ2v) is 22.1. The molecule has 2 atom stereocenters. The third kappa shape index (κ3) is 58.8. The van der Waals surface area contributed by atoms with Gasteiger partial charge >= 0.3 is 5.97 Å². The smallest absolute Gasteiger partial charge is 0.305 e. The molecule has 0 heterocycles. The van der Waals surface area contributed by atoms with Crippen molar-refractivity contribution < 1.29 is 24.5 Å². The highest BCUT2D eigenvalue weighted by atomic mass is 16.5. The quantitative estimate of drug-likeness (QED) is 0.0320. The minimum Gasteiger partial charge on any atom is -0.466 e. The fourth-order valence-electron chi connectivity index (χ4n) is 9.74. The fourth-order valence-corrected chi connectivity index (χ4v) is 9.74. The predicted octanol–water partition coefficient (Wildman–Crippen LogP) is 20.7. The van der Waals surface area contributed by atoms with Crippen LogP contribution in [-0.2, 0) is 14.3 Å². The summed E-state index contributed by atoms with van der Waals surface area (Å²) in [6, 6.07) is -0.627. The molecule has 0 fully saturated rings. The predicted molar refractivity (Wildman–Crippen MR) is 324 cm³/mol. The Bertz CT molecular complexity index is 1290. The molecule has 0 spiro atoms. The average molecular weight is 1040 g/mol. The van der Waals surface area contributed by atoms with E-state index in [2.05, 4.69) is 67.8 Å². The summed E-state index contributed by atoms with van der Waals surface area (Å²) in [5.74, 6) is -0.0704. The van der Waals surface area contributed by atoms with Gasteiger partial charge in [0, 0.05) is 12.8 Å². The number of allylic oxidation sites excluding steroid dienone is 9. The lowest BCUT2D eigenvalue weighted by Crippen LogP contribution is -2.45. The molecule has 3 N–H and O–H groups in total. The molecular formula is C68H125NO5. The molecule has 0 aliphatic carbocycles. The van der Waals surface area contributed by atoms with Crippen molar-refractivity contribution >= 4 is 11.9 Å². The van der Waals surface area contributed by atoms with E-state index < -0.39 is 12.1 Å². The van der Waals surface area contributed by atoms with E-state index in [1.54, 1.807) is 6.08 Å². The van der Waals surface area contributed by atoms with Crippen molar-refractivity contribution in [2.45, 2.75) is 347 Å². The van der Waals surface area contributed by atoms with Crippen LogP contribution in [0.4, 0.5) is 0 Å². The summed E-state index contributed by atoms with van der Waals surface area (Å²) in [5.41, 5.74) is 0. The number of aliphatic hydroxyl groups is 2. The molecule has 2 unspecified atom stereocenters. The lowest BCUT2D eigenvalue weighted by Gasteiger charge is -2.20. The van der Waals surface area contributed by atoms with Crippen molar-refractivity contribution in [2.24, 2.45) is 0 Å². The van der Waals surface area contributed by atoms with Crippen LogP contribution in [0, 0.1) is 0 Å². The number of rotatable bonds is 60. The van der Waals surface area contributed by atoms with Gasteiger partial charge < -0.3 is 20.3 Å². The molecule has 74 heavy (non-hydrogen) atoms. The van der Waals surface area contributed by atoms with Gasteiger partial charge in [-0.3, -0.25) is 9.59 Å². The van der Waals surface area contributed by atoms with Crippen LogP contribution in [0.15, 0.2) is 60.8 Å². The largest absolute Gasteiger partial charge is 0.466 e. The summed E-state index contributed by atoms with van der Waals surface area (Å²) < 4.78 is 5.47. The van der Waals surface area contributed by atoms with Gasteiger partial charge in [0.15, 0.2) is 0 Å². The van der Waals surface area contributed by atoms with Crippen molar-refractivity contribution in [1.29, 1.82) is 0 Å². The average Bonchev–Trinajstić information content (AvgIpc) is 3.40. The maximum absolute atomic E-state index is 12.4. The standard InChI is InChI=1S/C68H125NO5/c1-3-5-7-9-11-13-15-17-38-42-46-50-54-58-62-68(73)74-63-59-55-51-47-43-39-36-34-32-30-28-26-24-22-20-18-19-21-23-25-27-29-31-33-35-37-41-45-49-53-57-61-67(72)69-65(64-70)66(71)60-56-52-48-44-40-16-14-12-10-8-6-4-2/h9,11,15,17,20,22,26,28,56,60,65-66,70-71H,3-8,10,12-14,16,18-19,21,23-25,27,29-55,57-59,61-64H2,1-2H3,(H,69,72)/b11-9-,17-15-,22-20-,28-26-,60-56+. The van der Waals surface area contributed by atoms with E-state index in [1.165, 1.54) is 250 Å². The molecular weight excluding hydrogens is 911 g/mol. The van der Waals surface area contributed by atoms with Crippen molar-refractivity contribution in [3.8, 4) is 0 Å². The molecule has 0 saturated heterocycles. The fraction of sp³-hybridized carbons (Fsp3) is 0.824. The Labute approximate surface area is 460 Å². The van der Waals surface area contributed by atoms with Gasteiger partial charge in [-0.1, -0.05) is 293 Å². The van der Waals surface area contributed by atoms with Crippen LogP contribution in [0.3, 0.4) is 0 Å². The van der Waals surface area contributed by atoms with Gasteiger partial charge in [-0.15, -0.1) is 0 Å². The zero-order valence-electron chi connectivity index (χ0n) is 49.3. The Morgan fingerprint density at radius 2 is 0.689 bits per heavy atom. The molecule has 6 nitrogen and oxygen atoms in total. The first-order chi connectivity index (χ1) is 36.5. The Hall–Kier alpha value is -2.44. The van der Waals surface area contributed by atoms with Crippen LogP contribution >= 0.6 is 0 Å². The van der Waals surface area contributed by atoms with Gasteiger partial charge in [-0.05, 0) is 89.9 Å². The Morgan fingerprint density at radius 1 is 0.378 bits per heavy atom. The minimum atomic E-state index is -0.844. The number of carbonyl (C=O) groups is 2. The van der Waals surface area contributed by atoms with Gasteiger partial charge in [-0.2, -0.15) is 0 Å². The highest BCUT2D eigenvalue weighted by Crippen LogP contribution is 2.17. The number of hydrogen-bond donors (Lipinski definition) is 3. The van der Waals surface area contributed by atoms with Crippen LogP contribution in [-0.4, -0.2) is 47.4 Å².